The van der Waals surface area contributed by atoms with Gasteiger partial charge in [-0.05, 0) is 19.4 Å². The Balaban J connectivity index is 2.70. The van der Waals surface area contributed by atoms with Crippen molar-refractivity contribution < 1.29 is 19.5 Å². The molecule has 1 heterocycles. The van der Waals surface area contributed by atoms with Gasteiger partial charge < -0.3 is 19.5 Å². The van der Waals surface area contributed by atoms with Crippen LogP contribution in [0.4, 0.5) is 0 Å². The third-order valence-electron chi connectivity index (χ3n) is 2.36. The predicted molar refractivity (Wildman–Crippen MR) is 67.9 cm³/mol. The van der Waals surface area contributed by atoms with E-state index in [-0.39, 0.29) is 13.0 Å². The van der Waals surface area contributed by atoms with Crippen LogP contribution in [0.3, 0.4) is 0 Å². The smallest absolute Gasteiger partial charge is 0.348 e. The first-order valence-electron chi connectivity index (χ1n) is 5.42. The van der Waals surface area contributed by atoms with Crippen LogP contribution in [0.25, 0.3) is 0 Å². The van der Waals surface area contributed by atoms with Crippen LogP contribution in [-0.2, 0) is 11.1 Å². The van der Waals surface area contributed by atoms with Gasteiger partial charge in [-0.1, -0.05) is 0 Å². The molecular weight excluding hydrogens is 275 g/mol. The van der Waals surface area contributed by atoms with Gasteiger partial charge in [0.2, 0.25) is 0 Å². The Morgan fingerprint density at radius 1 is 1.47 bits per heavy atom. The van der Waals surface area contributed by atoms with Gasteiger partial charge in [0.15, 0.2) is 0 Å². The molecule has 0 radical (unpaired) electrons. The Bertz CT molecular complexity index is 626. The molecule has 1 aromatic rings. The minimum absolute atomic E-state index is 0.0852. The molecule has 0 aliphatic rings. The van der Waals surface area contributed by atoms with E-state index in [1.54, 1.807) is 6.92 Å². The molecule has 1 aromatic heterocycles. The molecule has 9 heteroatoms. The van der Waals surface area contributed by atoms with Gasteiger partial charge in [0.25, 0.3) is 5.56 Å². The zero-order valence-electron chi connectivity index (χ0n) is 10.2. The molecule has 0 aliphatic heterocycles. The topological polar surface area (TPSA) is 133 Å². The quantitative estimate of drug-likeness (QED) is 0.529. The summed E-state index contributed by atoms with van der Waals surface area (Å²) < 4.78 is 11.8. The molecule has 0 amide bonds. The minimum Gasteiger partial charge on any atom is -0.389 e. The van der Waals surface area contributed by atoms with Crippen LogP contribution in [-0.4, -0.2) is 30.5 Å². The number of aliphatic hydroxyl groups is 1. The molecule has 0 bridgehead atoms. The number of nitrogens with one attached hydrogen (secondary N) is 1. The normalized spacial score (nSPS) is 13.9. The summed E-state index contributed by atoms with van der Waals surface area (Å²) in [6.07, 6.45) is 1.33. The van der Waals surface area contributed by atoms with Crippen LogP contribution in [0.2, 0.25) is 0 Å². The number of hydrogen-bond donors (Lipinski definition) is 4. The van der Waals surface area contributed by atoms with Crippen molar-refractivity contribution in [1.29, 1.82) is 0 Å². The van der Waals surface area contributed by atoms with E-state index in [0.29, 0.717) is 11.4 Å². The Morgan fingerprint density at radius 2 is 2.11 bits per heavy atom. The second-order valence-electron chi connectivity index (χ2n) is 4.05. The molecule has 0 fully saturated rings. The maximum Gasteiger partial charge on any atom is 0.348 e. The van der Waals surface area contributed by atoms with Crippen molar-refractivity contribution in [3.8, 4) is 0 Å². The average molecular weight is 290 g/mol. The van der Waals surface area contributed by atoms with Gasteiger partial charge in [0, 0.05) is 24.1 Å². The van der Waals surface area contributed by atoms with Crippen molar-refractivity contribution in [3.63, 3.8) is 0 Å². The zero-order chi connectivity index (χ0) is 14.6. The van der Waals surface area contributed by atoms with Crippen molar-refractivity contribution in [2.24, 2.45) is 0 Å². The third kappa shape index (κ3) is 5.35. The van der Waals surface area contributed by atoms with Crippen LogP contribution < -0.4 is 11.2 Å². The number of aryl methyl sites for hydroxylation is 2. The first kappa shape index (κ1) is 15.6. The van der Waals surface area contributed by atoms with Crippen LogP contribution in [0.1, 0.15) is 12.0 Å². The molecule has 8 nitrogen and oxygen atoms in total. The largest absolute Gasteiger partial charge is 0.389 e. The van der Waals surface area contributed by atoms with Gasteiger partial charge in [-0.3, -0.25) is 14.3 Å². The number of aromatic nitrogens is 2. The van der Waals surface area contributed by atoms with E-state index < -0.39 is 24.9 Å². The summed E-state index contributed by atoms with van der Waals surface area (Å²) in [6, 6.07) is 0. The summed E-state index contributed by atoms with van der Waals surface area (Å²) in [5.41, 5.74) is -0.704. The maximum atomic E-state index is 11.4. The van der Waals surface area contributed by atoms with Gasteiger partial charge in [0.05, 0.1) is 6.10 Å². The summed E-state index contributed by atoms with van der Waals surface area (Å²) in [5.74, 6) is 0.610. The summed E-state index contributed by atoms with van der Waals surface area (Å²) in [4.78, 5) is 41.8. The summed E-state index contributed by atoms with van der Waals surface area (Å²) in [7, 11) is -4.30. The fourth-order valence-electron chi connectivity index (χ4n) is 1.36. The molecular formula is C10H15N2O6P. The first-order valence-corrected chi connectivity index (χ1v) is 7.10. The number of aromatic amines is 1. The Labute approximate surface area is 108 Å². The average Bonchev–Trinajstić information content (AvgIpc) is 2.28. The highest BCUT2D eigenvalue weighted by atomic mass is 31.2. The zero-order valence-corrected chi connectivity index (χ0v) is 11.1. The lowest BCUT2D eigenvalue weighted by Crippen LogP contribution is -2.31. The van der Waals surface area contributed by atoms with Gasteiger partial charge in [0.1, 0.15) is 0 Å². The Hall–Kier alpha value is -1.47. The number of H-pyrrole nitrogens is 1. The third-order valence-corrected chi connectivity index (χ3v) is 2.92. The molecule has 0 saturated heterocycles. The Morgan fingerprint density at radius 3 is 2.68 bits per heavy atom. The van der Waals surface area contributed by atoms with Crippen molar-refractivity contribution in [2.45, 2.75) is 26.0 Å². The first-order chi connectivity index (χ1) is 8.69. The van der Waals surface area contributed by atoms with Crippen LogP contribution in [0.15, 0.2) is 27.7 Å². The van der Waals surface area contributed by atoms with E-state index in [9.17, 15) is 19.3 Å². The fraction of sp³-hybridized carbons (Fsp3) is 0.400. The molecule has 4 N–H and O–H groups in total. The van der Waals surface area contributed by atoms with Crippen molar-refractivity contribution in [2.75, 3.05) is 0 Å². The monoisotopic (exact) mass is 290 g/mol. The molecule has 106 valence electrons. The lowest BCUT2D eigenvalue weighted by atomic mass is 10.2. The SMILES string of the molecule is Cc1cn(CCC(O)C=CP(=O)(O)O)c(=O)[nH]c1=O. The highest BCUT2D eigenvalue weighted by Crippen LogP contribution is 2.36. The summed E-state index contributed by atoms with van der Waals surface area (Å²) in [6.45, 7) is 1.65. The van der Waals surface area contributed by atoms with E-state index >= 15 is 0 Å². The second-order valence-corrected chi connectivity index (χ2v) is 5.53. The molecule has 0 aromatic carbocycles. The number of rotatable bonds is 5. The molecule has 0 aliphatic carbocycles. The molecule has 1 rings (SSSR count). The molecule has 1 atom stereocenters. The van der Waals surface area contributed by atoms with E-state index in [4.69, 9.17) is 9.79 Å². The van der Waals surface area contributed by atoms with E-state index in [2.05, 4.69) is 4.98 Å². The Kier molecular flexibility index (Phi) is 5.02. The lowest BCUT2D eigenvalue weighted by Gasteiger charge is -2.08. The lowest BCUT2D eigenvalue weighted by molar-refractivity contribution is 0.204. The second kappa shape index (κ2) is 6.12. The molecule has 19 heavy (non-hydrogen) atoms. The van der Waals surface area contributed by atoms with Crippen LogP contribution in [0.5, 0.6) is 0 Å². The van der Waals surface area contributed by atoms with Crippen molar-refractivity contribution in [1.82, 2.24) is 9.55 Å². The van der Waals surface area contributed by atoms with Gasteiger partial charge in [-0.15, -0.1) is 0 Å². The van der Waals surface area contributed by atoms with Gasteiger partial charge in [-0.2, -0.15) is 0 Å². The molecule has 1 unspecified atom stereocenters. The number of nitrogens with zero attached hydrogens (tertiary/aromatic N) is 1. The highest BCUT2D eigenvalue weighted by Gasteiger charge is 2.09. The molecule has 0 spiro atoms. The van der Waals surface area contributed by atoms with E-state index in [1.807, 2.05) is 0 Å². The summed E-state index contributed by atoms with van der Waals surface area (Å²) >= 11 is 0. The van der Waals surface area contributed by atoms with Crippen molar-refractivity contribution >= 4 is 7.60 Å². The van der Waals surface area contributed by atoms with Gasteiger partial charge >= 0.3 is 13.3 Å². The minimum atomic E-state index is -4.30. The number of hydrogen-bond acceptors (Lipinski definition) is 4. The molecule has 0 saturated carbocycles. The summed E-state index contributed by atoms with van der Waals surface area (Å²) in [5, 5.41) is 9.47. The maximum absolute atomic E-state index is 11.4. The standard InChI is InChI=1S/C10H15N2O6P/c1-7-6-12(10(15)11-9(7)14)4-2-8(13)3-5-19(16,17)18/h3,5-6,8,13H,2,4H2,1H3,(H,11,14,15)(H2,16,17,18). The van der Waals surface area contributed by atoms with Crippen LogP contribution >= 0.6 is 7.60 Å². The fourth-order valence-corrected chi connectivity index (χ4v) is 1.79. The highest BCUT2D eigenvalue weighted by molar-refractivity contribution is 7.55. The van der Waals surface area contributed by atoms with Gasteiger partial charge in [-0.25, -0.2) is 4.79 Å². The van der Waals surface area contributed by atoms with E-state index in [0.717, 1.165) is 6.08 Å². The van der Waals surface area contributed by atoms with Crippen molar-refractivity contribution in [3.05, 3.63) is 44.5 Å². The predicted octanol–water partition coefficient (Wildman–Crippen LogP) is -0.713. The van der Waals surface area contributed by atoms with Crippen LogP contribution in [0, 0.1) is 6.92 Å². The van der Waals surface area contributed by atoms with E-state index in [1.165, 1.54) is 10.8 Å². The number of aliphatic hydroxyl groups excluding tert-OH is 1.